The van der Waals surface area contributed by atoms with Crippen LogP contribution in [0.25, 0.3) is 22.5 Å². The highest BCUT2D eigenvalue weighted by Gasteiger charge is 2.63. The van der Waals surface area contributed by atoms with E-state index in [-0.39, 0.29) is 37.8 Å². The molecule has 1 aromatic carbocycles. The molecule has 0 radical (unpaired) electrons. The van der Waals surface area contributed by atoms with Crippen molar-refractivity contribution >= 4 is 33.6 Å². The third kappa shape index (κ3) is 11.2. The van der Waals surface area contributed by atoms with Crippen LogP contribution in [0.2, 0.25) is 0 Å². The largest absolute Gasteiger partial charge is 0.491 e. The molecule has 0 spiro atoms. The number of rotatable bonds is 12. The number of hydrogen-bond donors (Lipinski definition) is 1. The number of aromatic nitrogens is 2. The average Bonchev–Trinajstić information content (AvgIpc) is 4.14. The molecule has 3 fully saturated rings. The number of sulfonamides is 1. The van der Waals surface area contributed by atoms with E-state index in [1.165, 1.54) is 4.90 Å². The molecule has 3 aromatic rings. The molecule has 4 aliphatic rings. The lowest BCUT2D eigenvalue weighted by atomic mass is 9.82. The second kappa shape index (κ2) is 19.0. The molecule has 0 bridgehead atoms. The van der Waals surface area contributed by atoms with Gasteiger partial charge in [0.25, 0.3) is 0 Å². The summed E-state index contributed by atoms with van der Waals surface area (Å²) in [5.74, 6) is -4.24. The highest BCUT2D eigenvalue weighted by Crippen LogP contribution is 2.58. The molecule has 67 heavy (non-hydrogen) atoms. The highest BCUT2D eigenvalue weighted by atomic mass is 32.2. The number of nitrogens with one attached hydrogen (secondary N) is 1. The molecule has 362 valence electrons. The van der Waals surface area contributed by atoms with Gasteiger partial charge in [0.1, 0.15) is 17.6 Å². The number of amides is 2. The smallest absolute Gasteiger partial charge is 0.427 e. The van der Waals surface area contributed by atoms with Crippen molar-refractivity contribution in [2.45, 2.75) is 141 Å². The second-order valence-corrected chi connectivity index (χ2v) is 22.3. The Morgan fingerprint density at radius 3 is 2.21 bits per heavy atom. The van der Waals surface area contributed by atoms with Crippen LogP contribution in [-0.4, -0.2) is 88.2 Å². The third-order valence-electron chi connectivity index (χ3n) is 13.8. The minimum Gasteiger partial charge on any atom is -0.491 e. The van der Waals surface area contributed by atoms with E-state index in [9.17, 15) is 36.0 Å². The van der Waals surface area contributed by atoms with Crippen molar-refractivity contribution in [3.8, 4) is 34.0 Å². The molecule has 4 heterocycles. The number of pyridine rings is 2. The number of fused-ring (bicyclic) bond motifs is 2. The van der Waals surface area contributed by atoms with Gasteiger partial charge in [-0.05, 0) is 127 Å². The number of ether oxygens (including phenoxy) is 3. The van der Waals surface area contributed by atoms with E-state index in [1.54, 1.807) is 50.5 Å². The monoisotopic (exact) mass is 950 g/mol. The summed E-state index contributed by atoms with van der Waals surface area (Å²) in [5.41, 5.74) is -1.63. The van der Waals surface area contributed by atoms with Gasteiger partial charge in [-0.2, -0.15) is 13.2 Å². The maximum absolute atomic E-state index is 15.1. The maximum Gasteiger partial charge on any atom is 0.427 e. The molecule has 2 amide bonds. The minimum absolute atomic E-state index is 0.000836. The number of ketones is 1. The van der Waals surface area contributed by atoms with Gasteiger partial charge in [-0.15, -0.1) is 0 Å². The van der Waals surface area contributed by atoms with E-state index in [1.807, 2.05) is 57.2 Å². The summed E-state index contributed by atoms with van der Waals surface area (Å²) in [5, 5.41) is 0. The lowest BCUT2D eigenvalue weighted by molar-refractivity contribution is -0.257. The van der Waals surface area contributed by atoms with Crippen LogP contribution < -0.4 is 14.2 Å². The first-order valence-corrected chi connectivity index (χ1v) is 24.6. The molecule has 1 saturated heterocycles. The zero-order valence-electron chi connectivity index (χ0n) is 39.1. The van der Waals surface area contributed by atoms with Crippen LogP contribution >= 0.6 is 0 Å². The van der Waals surface area contributed by atoms with Gasteiger partial charge in [0, 0.05) is 48.5 Å². The Balaban J connectivity index is 1.25. The van der Waals surface area contributed by atoms with Crippen molar-refractivity contribution < 1.29 is 55.0 Å². The van der Waals surface area contributed by atoms with E-state index in [0.717, 1.165) is 25.0 Å². The van der Waals surface area contributed by atoms with Gasteiger partial charge in [-0.3, -0.25) is 28.9 Å². The van der Waals surface area contributed by atoms with Gasteiger partial charge in [0.15, 0.2) is 5.78 Å². The molecule has 2 aliphatic carbocycles. The summed E-state index contributed by atoms with van der Waals surface area (Å²) in [6.45, 7) is 10.5. The summed E-state index contributed by atoms with van der Waals surface area (Å²) in [6.07, 6.45) is 2.89. The van der Waals surface area contributed by atoms with E-state index >= 15 is 4.79 Å². The third-order valence-corrected chi connectivity index (χ3v) is 16.0. The quantitative estimate of drug-likeness (QED) is 0.136. The van der Waals surface area contributed by atoms with Gasteiger partial charge in [-0.1, -0.05) is 26.0 Å². The first kappa shape index (κ1) is 49.6. The fourth-order valence-corrected chi connectivity index (χ4v) is 10.5. The first-order chi connectivity index (χ1) is 31.4. The Labute approximate surface area is 390 Å². The standard InChI is InChI=1S/C50H61F3N4O9S/c1-30(2)64-36-14-12-33(13-15-36)40-23-37(24-41(55-40)34-16-20-54-21-17-34)65-38-25-42-43(58)28-49(46(61)56-67(62,63)48(7)18-19-48)27-35(49)11-9-8-10-31(3)22-32(4)39(45(60)57(42)29-38)26-44(59)66-47(5,6)50(51,52)53/h9,11-17,20-21,23-24,30-32,35,38-39,42H,8,10,18-19,22,25-29H2,1-7H3,(H,56,61)/b11-9-/t31-,32-,35-,38-,39+,42+,49-/m1/s1. The van der Waals surface area contributed by atoms with Crippen molar-refractivity contribution in [1.29, 1.82) is 0 Å². The van der Waals surface area contributed by atoms with Gasteiger partial charge >= 0.3 is 12.1 Å². The van der Waals surface area contributed by atoms with Crippen LogP contribution in [0.3, 0.4) is 0 Å². The van der Waals surface area contributed by atoms with E-state index in [4.69, 9.17) is 19.2 Å². The van der Waals surface area contributed by atoms with Crippen LogP contribution in [0.4, 0.5) is 13.2 Å². The van der Waals surface area contributed by atoms with Crippen molar-refractivity contribution in [1.82, 2.24) is 19.6 Å². The predicted octanol–water partition coefficient (Wildman–Crippen LogP) is 8.81. The number of carbonyl (C=O) groups excluding carboxylic acids is 4. The molecular weight excluding hydrogens is 890 g/mol. The minimum atomic E-state index is -4.88. The number of allylic oxidation sites excluding steroid dienone is 2. The average molecular weight is 951 g/mol. The Bertz CT molecular complexity index is 2480. The van der Waals surface area contributed by atoms with E-state index in [0.29, 0.717) is 55.0 Å². The van der Waals surface area contributed by atoms with Crippen molar-refractivity contribution in [2.75, 3.05) is 6.54 Å². The number of Topliss-reactive ketones (excluding diaryl/α,β-unsaturated/α-hetero) is 1. The molecule has 0 unspecified atom stereocenters. The fraction of sp³-hybridized carbons (Fsp3) is 0.560. The summed E-state index contributed by atoms with van der Waals surface area (Å²) in [7, 11) is -4.06. The number of alkyl halides is 3. The van der Waals surface area contributed by atoms with Gasteiger partial charge in [0.2, 0.25) is 27.4 Å². The van der Waals surface area contributed by atoms with Crippen LogP contribution in [0, 0.1) is 29.1 Å². The summed E-state index contributed by atoms with van der Waals surface area (Å²) in [4.78, 5) is 68.0. The van der Waals surface area contributed by atoms with Gasteiger partial charge in [-0.25, -0.2) is 13.4 Å². The number of nitrogens with zero attached hydrogens (tertiary/aromatic N) is 3. The summed E-state index contributed by atoms with van der Waals surface area (Å²) < 4.78 is 87.2. The van der Waals surface area contributed by atoms with Crippen LogP contribution in [0.15, 0.2) is 73.1 Å². The zero-order valence-corrected chi connectivity index (χ0v) is 39.9. The SMILES string of the molecule is CC(C)Oc1ccc(-c2cc(O[C@@H]3C[C@H]4C(=O)C[C@]5(C(=O)NS(=O)(=O)C6(C)CC6)C[C@H]5/C=C\CC[C@@H](C)C[C@@H](C)[C@H](CC(=O)OC(C)(C)C(F)(F)F)C(=O)N4C3)cc(-c3ccncc3)n2)cc1. The first-order valence-electron chi connectivity index (χ1n) is 23.1. The van der Waals surface area contributed by atoms with Crippen molar-refractivity contribution in [3.63, 3.8) is 0 Å². The highest BCUT2D eigenvalue weighted by molar-refractivity contribution is 7.91. The zero-order chi connectivity index (χ0) is 48.7. The maximum atomic E-state index is 15.1. The van der Waals surface area contributed by atoms with Crippen LogP contribution in [0.1, 0.15) is 106 Å². The van der Waals surface area contributed by atoms with Crippen molar-refractivity contribution in [3.05, 3.63) is 73.1 Å². The molecule has 13 nitrogen and oxygen atoms in total. The van der Waals surface area contributed by atoms with E-state index in [2.05, 4.69) is 9.71 Å². The van der Waals surface area contributed by atoms with E-state index < -0.39 is 91.8 Å². The summed E-state index contributed by atoms with van der Waals surface area (Å²) >= 11 is 0. The number of hydrogen-bond acceptors (Lipinski definition) is 11. The number of carbonyl (C=O) groups is 4. The Hall–Kier alpha value is -5.32. The molecular formula is C50H61F3N4O9S. The number of benzene rings is 1. The topological polar surface area (TPSA) is 171 Å². The van der Waals surface area contributed by atoms with Gasteiger partial charge < -0.3 is 19.1 Å². The Morgan fingerprint density at radius 2 is 1.60 bits per heavy atom. The number of halogens is 3. The lowest BCUT2D eigenvalue weighted by Crippen LogP contribution is -2.48. The second-order valence-electron chi connectivity index (χ2n) is 20.1. The molecule has 1 N–H and O–H groups in total. The molecule has 2 aromatic heterocycles. The Kier molecular flexibility index (Phi) is 14.1. The van der Waals surface area contributed by atoms with Crippen LogP contribution in [-0.2, 0) is 33.9 Å². The van der Waals surface area contributed by atoms with Crippen LogP contribution in [0.5, 0.6) is 11.5 Å². The number of esters is 1. The van der Waals surface area contributed by atoms with Crippen molar-refractivity contribution in [2.24, 2.45) is 29.1 Å². The molecule has 7 rings (SSSR count). The normalized spacial score (nSPS) is 27.2. The lowest BCUT2D eigenvalue weighted by Gasteiger charge is -2.33. The van der Waals surface area contributed by atoms with Gasteiger partial charge in [0.05, 0.1) is 52.6 Å². The summed E-state index contributed by atoms with van der Waals surface area (Å²) in [6, 6.07) is 13.3. The molecule has 17 heteroatoms. The molecule has 2 aliphatic heterocycles. The molecule has 2 saturated carbocycles. The predicted molar refractivity (Wildman–Crippen MR) is 244 cm³/mol. The molecule has 7 atom stereocenters. The fourth-order valence-electron chi connectivity index (χ4n) is 9.21. The Morgan fingerprint density at radius 1 is 0.955 bits per heavy atom.